The normalized spacial score (nSPS) is 11.3. The topological polar surface area (TPSA) is 49.2 Å². The van der Waals surface area contributed by atoms with Crippen LogP contribution in [0.15, 0.2) is 24.4 Å². The Balaban J connectivity index is 2.11. The average Bonchev–Trinajstić information content (AvgIpc) is 2.90. The van der Waals surface area contributed by atoms with Crippen molar-refractivity contribution >= 4 is 23.2 Å². The summed E-state index contributed by atoms with van der Waals surface area (Å²) in [6.45, 7) is 5.41. The maximum Gasteiger partial charge on any atom is 0.204 e. The zero-order valence-electron chi connectivity index (χ0n) is 11.9. The fraction of sp³-hybridized carbons (Fsp3) is 0.429. The van der Waals surface area contributed by atoms with Gasteiger partial charge in [0.1, 0.15) is 5.69 Å². The Labute approximate surface area is 133 Å². The number of benzene rings is 1. The van der Waals surface area contributed by atoms with Gasteiger partial charge in [0.15, 0.2) is 0 Å². The van der Waals surface area contributed by atoms with Gasteiger partial charge in [-0.2, -0.15) is 0 Å². The van der Waals surface area contributed by atoms with Gasteiger partial charge in [-0.1, -0.05) is 34.5 Å². The lowest BCUT2D eigenvalue weighted by Crippen LogP contribution is -2.09. The van der Waals surface area contributed by atoms with Crippen molar-refractivity contribution in [3.05, 3.63) is 45.7 Å². The Morgan fingerprint density at radius 1 is 1.19 bits per heavy atom. The molecule has 0 atom stereocenters. The van der Waals surface area contributed by atoms with E-state index in [1.54, 1.807) is 23.0 Å². The summed E-state index contributed by atoms with van der Waals surface area (Å²) in [6, 6.07) is 5.37. The fourth-order valence-corrected chi connectivity index (χ4v) is 2.31. The molecule has 21 heavy (non-hydrogen) atoms. The van der Waals surface area contributed by atoms with E-state index < -0.39 is 6.29 Å². The van der Waals surface area contributed by atoms with Gasteiger partial charge in [-0.25, -0.2) is 4.68 Å². The molecule has 0 saturated carbocycles. The fourth-order valence-electron chi connectivity index (χ4n) is 1.84. The predicted octanol–water partition coefficient (Wildman–Crippen LogP) is 3.70. The van der Waals surface area contributed by atoms with E-state index in [1.165, 1.54) is 0 Å². The van der Waals surface area contributed by atoms with Gasteiger partial charge in [0.25, 0.3) is 0 Å². The standard InChI is InChI=1S/C14H17Cl2N3O2/c1-3-20-14(21-4-2)13-9-19(18-17-13)8-10-5-6-11(15)7-12(10)16/h5-7,9,14H,3-4,8H2,1-2H3. The minimum absolute atomic E-state index is 0.491. The Hall–Kier alpha value is -1.14. The van der Waals surface area contributed by atoms with Crippen molar-refractivity contribution in [1.82, 2.24) is 15.0 Å². The van der Waals surface area contributed by atoms with Crippen molar-refractivity contribution in [3.63, 3.8) is 0 Å². The number of hydrogen-bond acceptors (Lipinski definition) is 4. The van der Waals surface area contributed by atoms with Crippen LogP contribution in [0.1, 0.15) is 31.4 Å². The first-order valence-corrected chi connectivity index (χ1v) is 7.46. The predicted molar refractivity (Wildman–Crippen MR) is 81.6 cm³/mol. The van der Waals surface area contributed by atoms with E-state index in [0.717, 1.165) is 5.56 Å². The zero-order valence-corrected chi connectivity index (χ0v) is 13.4. The largest absolute Gasteiger partial charge is 0.347 e. The second-order valence-corrected chi connectivity index (χ2v) is 5.16. The lowest BCUT2D eigenvalue weighted by Gasteiger charge is -2.13. The molecule has 0 spiro atoms. The van der Waals surface area contributed by atoms with Gasteiger partial charge in [-0.15, -0.1) is 5.10 Å². The highest BCUT2D eigenvalue weighted by Gasteiger charge is 2.16. The highest BCUT2D eigenvalue weighted by molar-refractivity contribution is 6.35. The molecule has 0 aliphatic rings. The van der Waals surface area contributed by atoms with E-state index in [1.807, 2.05) is 19.9 Å². The second kappa shape index (κ2) is 7.75. The molecular formula is C14H17Cl2N3O2. The van der Waals surface area contributed by atoms with Crippen LogP contribution in [0.4, 0.5) is 0 Å². The number of nitrogens with zero attached hydrogens (tertiary/aromatic N) is 3. The molecule has 1 aromatic carbocycles. The van der Waals surface area contributed by atoms with Crippen molar-refractivity contribution in [2.75, 3.05) is 13.2 Å². The third kappa shape index (κ3) is 4.41. The van der Waals surface area contributed by atoms with Crippen LogP contribution in [0, 0.1) is 0 Å². The molecule has 0 aliphatic carbocycles. The minimum atomic E-state index is -0.491. The van der Waals surface area contributed by atoms with E-state index in [0.29, 0.717) is 35.5 Å². The van der Waals surface area contributed by atoms with Crippen LogP contribution in [0.25, 0.3) is 0 Å². The Morgan fingerprint density at radius 3 is 2.52 bits per heavy atom. The van der Waals surface area contributed by atoms with Crippen molar-refractivity contribution in [2.24, 2.45) is 0 Å². The molecule has 1 aromatic heterocycles. The van der Waals surface area contributed by atoms with Gasteiger partial charge in [0.2, 0.25) is 6.29 Å². The van der Waals surface area contributed by atoms with Crippen LogP contribution in [-0.4, -0.2) is 28.2 Å². The summed E-state index contributed by atoms with van der Waals surface area (Å²) in [5.74, 6) is 0. The van der Waals surface area contributed by atoms with E-state index in [2.05, 4.69) is 10.3 Å². The van der Waals surface area contributed by atoms with Crippen molar-refractivity contribution in [3.8, 4) is 0 Å². The highest BCUT2D eigenvalue weighted by Crippen LogP contribution is 2.22. The van der Waals surface area contributed by atoms with Gasteiger partial charge in [-0.05, 0) is 31.5 Å². The summed E-state index contributed by atoms with van der Waals surface area (Å²) in [4.78, 5) is 0. The van der Waals surface area contributed by atoms with Crippen LogP contribution in [0.2, 0.25) is 10.0 Å². The van der Waals surface area contributed by atoms with Gasteiger partial charge in [0, 0.05) is 23.3 Å². The monoisotopic (exact) mass is 329 g/mol. The Kier molecular flexibility index (Phi) is 5.99. The maximum atomic E-state index is 6.15. The van der Waals surface area contributed by atoms with E-state index in [4.69, 9.17) is 32.7 Å². The third-order valence-electron chi connectivity index (χ3n) is 2.78. The summed E-state index contributed by atoms with van der Waals surface area (Å²) in [7, 11) is 0. The molecule has 0 unspecified atom stereocenters. The first-order chi connectivity index (χ1) is 10.1. The summed E-state index contributed by atoms with van der Waals surface area (Å²) in [6.07, 6.45) is 1.30. The van der Waals surface area contributed by atoms with Gasteiger partial charge in [0.05, 0.1) is 12.7 Å². The van der Waals surface area contributed by atoms with E-state index in [-0.39, 0.29) is 0 Å². The van der Waals surface area contributed by atoms with Gasteiger partial charge >= 0.3 is 0 Å². The quantitative estimate of drug-likeness (QED) is 0.726. The second-order valence-electron chi connectivity index (χ2n) is 4.32. The lowest BCUT2D eigenvalue weighted by molar-refractivity contribution is -0.142. The SMILES string of the molecule is CCOC(OCC)c1cn(Cc2ccc(Cl)cc2Cl)nn1. The summed E-state index contributed by atoms with van der Waals surface area (Å²) >= 11 is 12.0. The van der Waals surface area contributed by atoms with Crippen molar-refractivity contribution in [2.45, 2.75) is 26.7 Å². The molecule has 0 aliphatic heterocycles. The van der Waals surface area contributed by atoms with Crippen molar-refractivity contribution < 1.29 is 9.47 Å². The third-order valence-corrected chi connectivity index (χ3v) is 3.37. The molecule has 114 valence electrons. The Morgan fingerprint density at radius 2 is 1.90 bits per heavy atom. The van der Waals surface area contributed by atoms with Gasteiger partial charge < -0.3 is 9.47 Å². The molecule has 0 bridgehead atoms. The molecule has 0 saturated heterocycles. The van der Waals surface area contributed by atoms with Crippen LogP contribution in [0.3, 0.4) is 0 Å². The summed E-state index contributed by atoms with van der Waals surface area (Å²) < 4.78 is 12.7. The molecule has 0 radical (unpaired) electrons. The molecule has 0 N–H and O–H groups in total. The van der Waals surface area contributed by atoms with Crippen LogP contribution in [-0.2, 0) is 16.0 Å². The van der Waals surface area contributed by atoms with Crippen LogP contribution >= 0.6 is 23.2 Å². The number of hydrogen-bond donors (Lipinski definition) is 0. The van der Waals surface area contributed by atoms with E-state index in [9.17, 15) is 0 Å². The highest BCUT2D eigenvalue weighted by atomic mass is 35.5. The maximum absolute atomic E-state index is 6.15. The molecule has 2 rings (SSSR count). The molecular weight excluding hydrogens is 313 g/mol. The van der Waals surface area contributed by atoms with Gasteiger partial charge in [-0.3, -0.25) is 0 Å². The number of aromatic nitrogens is 3. The molecule has 7 heteroatoms. The lowest BCUT2D eigenvalue weighted by atomic mass is 10.2. The molecule has 0 amide bonds. The molecule has 2 aromatic rings. The Bertz CT molecular complexity index is 583. The molecule has 5 nitrogen and oxygen atoms in total. The first-order valence-electron chi connectivity index (χ1n) is 6.71. The minimum Gasteiger partial charge on any atom is -0.347 e. The smallest absolute Gasteiger partial charge is 0.204 e. The average molecular weight is 330 g/mol. The number of ether oxygens (including phenoxy) is 2. The van der Waals surface area contributed by atoms with E-state index >= 15 is 0 Å². The van der Waals surface area contributed by atoms with Crippen LogP contribution < -0.4 is 0 Å². The zero-order chi connectivity index (χ0) is 15.2. The van der Waals surface area contributed by atoms with Crippen LogP contribution in [0.5, 0.6) is 0 Å². The first kappa shape index (κ1) is 16.2. The summed E-state index contributed by atoms with van der Waals surface area (Å²) in [5, 5.41) is 9.38. The number of rotatable bonds is 7. The summed E-state index contributed by atoms with van der Waals surface area (Å²) in [5.41, 5.74) is 1.56. The van der Waals surface area contributed by atoms with Crippen molar-refractivity contribution in [1.29, 1.82) is 0 Å². The number of halogens is 2. The molecule has 0 fully saturated rings. The molecule has 1 heterocycles.